The minimum atomic E-state index is -0.0716. The lowest BCUT2D eigenvalue weighted by atomic mass is 9.73. The second kappa shape index (κ2) is 5.89. The van der Waals surface area contributed by atoms with Crippen LogP contribution in [0.2, 0.25) is 0 Å². The highest BCUT2D eigenvalue weighted by Gasteiger charge is 2.29. The van der Waals surface area contributed by atoms with E-state index in [0.29, 0.717) is 0 Å². The van der Waals surface area contributed by atoms with Crippen LogP contribution in [0.1, 0.15) is 47.5 Å². The molecule has 0 bridgehead atoms. The summed E-state index contributed by atoms with van der Waals surface area (Å²) in [7, 11) is 0. The van der Waals surface area contributed by atoms with Crippen molar-refractivity contribution in [1.82, 2.24) is 0 Å². The van der Waals surface area contributed by atoms with Crippen molar-refractivity contribution in [3.05, 3.63) is 24.3 Å². The van der Waals surface area contributed by atoms with Crippen molar-refractivity contribution in [3.8, 4) is 0 Å². The SMILES string of the molecule is C=C[C@](C)(CCC=C(C)C)[C@H](C)C(C)=O. The van der Waals surface area contributed by atoms with Crippen molar-refractivity contribution in [2.45, 2.75) is 47.5 Å². The van der Waals surface area contributed by atoms with Crippen molar-refractivity contribution in [1.29, 1.82) is 0 Å². The van der Waals surface area contributed by atoms with E-state index in [1.54, 1.807) is 6.92 Å². The molecule has 0 aliphatic carbocycles. The summed E-state index contributed by atoms with van der Waals surface area (Å²) in [5.74, 6) is 0.301. The van der Waals surface area contributed by atoms with Crippen LogP contribution in [0.15, 0.2) is 24.3 Å². The molecular formula is C14H24O. The molecule has 0 aromatic heterocycles. The highest BCUT2D eigenvalue weighted by atomic mass is 16.1. The lowest BCUT2D eigenvalue weighted by Gasteiger charge is -2.30. The van der Waals surface area contributed by atoms with Gasteiger partial charge in [-0.15, -0.1) is 6.58 Å². The smallest absolute Gasteiger partial charge is 0.133 e. The zero-order chi connectivity index (χ0) is 12.1. The van der Waals surface area contributed by atoms with Crippen LogP contribution in [0.5, 0.6) is 0 Å². The van der Waals surface area contributed by atoms with Gasteiger partial charge in [-0.25, -0.2) is 0 Å². The molecule has 0 unspecified atom stereocenters. The van der Waals surface area contributed by atoms with Crippen LogP contribution >= 0.6 is 0 Å². The fourth-order valence-electron chi connectivity index (χ4n) is 1.63. The first-order chi connectivity index (χ1) is 6.83. The van der Waals surface area contributed by atoms with Gasteiger partial charge in [0.2, 0.25) is 0 Å². The largest absolute Gasteiger partial charge is 0.300 e. The van der Waals surface area contributed by atoms with Gasteiger partial charge in [-0.05, 0) is 39.0 Å². The second-order valence-corrected chi connectivity index (χ2v) is 4.86. The van der Waals surface area contributed by atoms with Gasteiger partial charge in [0.1, 0.15) is 5.78 Å². The number of carbonyl (C=O) groups excluding carboxylic acids is 1. The third kappa shape index (κ3) is 4.46. The Balaban J connectivity index is 4.51. The Hall–Kier alpha value is -0.850. The second-order valence-electron chi connectivity index (χ2n) is 4.86. The highest BCUT2D eigenvalue weighted by molar-refractivity contribution is 5.79. The summed E-state index contributed by atoms with van der Waals surface area (Å²) >= 11 is 0. The molecule has 2 atom stereocenters. The summed E-state index contributed by atoms with van der Waals surface area (Å²) in [5.41, 5.74) is 1.26. The van der Waals surface area contributed by atoms with E-state index in [2.05, 4.69) is 33.4 Å². The van der Waals surface area contributed by atoms with E-state index in [4.69, 9.17) is 0 Å². The lowest BCUT2D eigenvalue weighted by molar-refractivity contribution is -0.122. The first kappa shape index (κ1) is 14.2. The Kier molecular flexibility index (Phi) is 5.56. The van der Waals surface area contributed by atoms with E-state index >= 15 is 0 Å². The molecule has 0 spiro atoms. The van der Waals surface area contributed by atoms with Crippen molar-refractivity contribution in [2.24, 2.45) is 11.3 Å². The summed E-state index contributed by atoms with van der Waals surface area (Å²) in [6.45, 7) is 13.8. The van der Waals surface area contributed by atoms with Gasteiger partial charge in [0.25, 0.3) is 0 Å². The van der Waals surface area contributed by atoms with Gasteiger partial charge >= 0.3 is 0 Å². The van der Waals surface area contributed by atoms with Crippen LogP contribution in [0, 0.1) is 11.3 Å². The molecule has 0 radical (unpaired) electrons. The average Bonchev–Trinajstić information content (AvgIpc) is 2.15. The number of allylic oxidation sites excluding steroid dienone is 3. The molecule has 86 valence electrons. The van der Waals surface area contributed by atoms with E-state index in [1.807, 2.05) is 13.0 Å². The Labute approximate surface area is 94.3 Å². The molecule has 0 rings (SSSR count). The van der Waals surface area contributed by atoms with Crippen LogP contribution in [0.3, 0.4) is 0 Å². The van der Waals surface area contributed by atoms with Crippen molar-refractivity contribution < 1.29 is 4.79 Å². The molecular weight excluding hydrogens is 184 g/mol. The van der Waals surface area contributed by atoms with Crippen molar-refractivity contribution in [3.63, 3.8) is 0 Å². The summed E-state index contributed by atoms with van der Waals surface area (Å²) in [5, 5.41) is 0. The standard InChI is InChI=1S/C14H24O/c1-7-14(6,12(4)13(5)15)10-8-9-11(2)3/h7,9,12H,1,8,10H2,2-6H3/t12-,14-/m1/s1. The molecule has 15 heavy (non-hydrogen) atoms. The van der Waals surface area contributed by atoms with Gasteiger partial charge in [-0.2, -0.15) is 0 Å². The molecule has 1 heteroatoms. The molecule has 0 aromatic rings. The van der Waals surface area contributed by atoms with Gasteiger partial charge in [0, 0.05) is 5.92 Å². The topological polar surface area (TPSA) is 17.1 Å². The third-order valence-corrected chi connectivity index (χ3v) is 3.30. The Morgan fingerprint density at radius 1 is 1.40 bits per heavy atom. The molecule has 0 fully saturated rings. The van der Waals surface area contributed by atoms with Crippen LogP contribution in [0.25, 0.3) is 0 Å². The van der Waals surface area contributed by atoms with Gasteiger partial charge in [0.15, 0.2) is 0 Å². The van der Waals surface area contributed by atoms with E-state index in [-0.39, 0.29) is 17.1 Å². The van der Waals surface area contributed by atoms with E-state index in [9.17, 15) is 4.79 Å². The van der Waals surface area contributed by atoms with E-state index in [1.165, 1.54) is 5.57 Å². The predicted molar refractivity (Wildman–Crippen MR) is 66.8 cm³/mol. The number of hydrogen-bond acceptors (Lipinski definition) is 1. The molecule has 1 nitrogen and oxygen atoms in total. The maximum Gasteiger partial charge on any atom is 0.133 e. The zero-order valence-electron chi connectivity index (χ0n) is 10.8. The number of carbonyl (C=O) groups is 1. The Morgan fingerprint density at radius 3 is 2.27 bits per heavy atom. The molecule has 0 heterocycles. The van der Waals surface area contributed by atoms with Crippen molar-refractivity contribution in [2.75, 3.05) is 0 Å². The summed E-state index contributed by atoms with van der Waals surface area (Å²) < 4.78 is 0. The molecule has 0 N–H and O–H groups in total. The molecule has 0 aliphatic heterocycles. The summed E-state index contributed by atoms with van der Waals surface area (Å²) in [6.07, 6.45) is 6.15. The molecule has 0 saturated carbocycles. The minimum Gasteiger partial charge on any atom is -0.300 e. The number of ketones is 1. The molecule has 0 saturated heterocycles. The van der Waals surface area contributed by atoms with E-state index < -0.39 is 0 Å². The number of hydrogen-bond donors (Lipinski definition) is 0. The quantitative estimate of drug-likeness (QED) is 0.599. The maximum absolute atomic E-state index is 11.4. The zero-order valence-corrected chi connectivity index (χ0v) is 10.8. The fraction of sp³-hybridized carbons (Fsp3) is 0.643. The fourth-order valence-corrected chi connectivity index (χ4v) is 1.63. The molecule has 0 aromatic carbocycles. The molecule has 0 amide bonds. The van der Waals surface area contributed by atoms with Gasteiger partial charge < -0.3 is 0 Å². The third-order valence-electron chi connectivity index (χ3n) is 3.30. The Bertz CT molecular complexity index is 259. The first-order valence-electron chi connectivity index (χ1n) is 5.61. The van der Waals surface area contributed by atoms with E-state index in [0.717, 1.165) is 12.8 Å². The van der Waals surface area contributed by atoms with Crippen LogP contribution in [-0.2, 0) is 4.79 Å². The maximum atomic E-state index is 11.4. The minimum absolute atomic E-state index is 0.0561. The Morgan fingerprint density at radius 2 is 1.93 bits per heavy atom. The summed E-state index contributed by atoms with van der Waals surface area (Å²) in [6, 6.07) is 0. The van der Waals surface area contributed by atoms with Gasteiger partial charge in [-0.3, -0.25) is 4.79 Å². The number of Topliss-reactive ketones (excluding diaryl/α,β-unsaturated/α-hetero) is 1. The summed E-state index contributed by atoms with van der Waals surface area (Å²) in [4.78, 5) is 11.4. The van der Waals surface area contributed by atoms with Gasteiger partial charge in [0.05, 0.1) is 0 Å². The van der Waals surface area contributed by atoms with Crippen LogP contribution < -0.4 is 0 Å². The number of rotatable bonds is 6. The molecule has 0 aliphatic rings. The first-order valence-corrected chi connectivity index (χ1v) is 5.61. The highest BCUT2D eigenvalue weighted by Crippen LogP contribution is 2.34. The predicted octanol–water partition coefficient (Wildman–Crippen LogP) is 4.15. The van der Waals surface area contributed by atoms with Crippen LogP contribution in [-0.4, -0.2) is 5.78 Å². The lowest BCUT2D eigenvalue weighted by Crippen LogP contribution is -2.28. The monoisotopic (exact) mass is 208 g/mol. The van der Waals surface area contributed by atoms with Crippen molar-refractivity contribution >= 4 is 5.78 Å². The normalized spacial score (nSPS) is 16.3. The average molecular weight is 208 g/mol. The van der Waals surface area contributed by atoms with Crippen LogP contribution in [0.4, 0.5) is 0 Å². The van der Waals surface area contributed by atoms with Gasteiger partial charge in [-0.1, -0.05) is 31.6 Å².